The van der Waals surface area contributed by atoms with Crippen LogP contribution in [0.25, 0.3) is 0 Å². The van der Waals surface area contributed by atoms with Gasteiger partial charge in [0, 0.05) is 6.54 Å². The molecule has 2 rings (SSSR count). The maximum Gasteiger partial charge on any atom is 0.256 e. The molecule has 1 amide bonds. The molecular formula is C15H21NO3. The Morgan fingerprint density at radius 3 is 2.58 bits per heavy atom. The maximum atomic E-state index is 12.4. The second kappa shape index (κ2) is 5.31. The van der Waals surface area contributed by atoms with Crippen molar-refractivity contribution in [2.45, 2.75) is 44.4 Å². The summed E-state index contributed by atoms with van der Waals surface area (Å²) in [6, 6.07) is 8.68. The molecule has 1 heterocycles. The molecule has 0 spiro atoms. The molecule has 0 aromatic heterocycles. The first-order chi connectivity index (χ1) is 8.91. The molecule has 0 aliphatic carbocycles. The van der Waals surface area contributed by atoms with Crippen LogP contribution in [0.3, 0.4) is 0 Å². The fraction of sp³-hybridized carbons (Fsp3) is 0.533. The van der Waals surface area contributed by atoms with E-state index in [9.17, 15) is 15.0 Å². The summed E-state index contributed by atoms with van der Waals surface area (Å²) in [6.45, 7) is 4.01. The molecule has 1 aliphatic heterocycles. The minimum atomic E-state index is -1.15. The SMILES string of the molecule is CC(C)(O)[C@@H]1CCCN1C(=O)[C@H](O)c1ccccc1. The zero-order valence-corrected chi connectivity index (χ0v) is 11.4. The average Bonchev–Trinajstić information content (AvgIpc) is 2.87. The van der Waals surface area contributed by atoms with Crippen LogP contribution in [0.1, 0.15) is 38.4 Å². The van der Waals surface area contributed by atoms with E-state index in [1.165, 1.54) is 0 Å². The first-order valence-corrected chi connectivity index (χ1v) is 6.67. The van der Waals surface area contributed by atoms with E-state index in [0.29, 0.717) is 12.1 Å². The molecule has 0 saturated carbocycles. The Morgan fingerprint density at radius 2 is 2.00 bits per heavy atom. The summed E-state index contributed by atoms with van der Waals surface area (Å²) in [7, 11) is 0. The van der Waals surface area contributed by atoms with Crippen LogP contribution in [-0.4, -0.2) is 39.2 Å². The van der Waals surface area contributed by atoms with Gasteiger partial charge in [-0.3, -0.25) is 4.79 Å². The molecule has 0 radical (unpaired) electrons. The van der Waals surface area contributed by atoms with Crippen molar-refractivity contribution >= 4 is 5.91 Å². The number of carbonyl (C=O) groups excluding carboxylic acids is 1. The molecule has 1 aromatic carbocycles. The summed E-state index contributed by atoms with van der Waals surface area (Å²) in [6.07, 6.45) is 0.489. The zero-order valence-electron chi connectivity index (χ0n) is 11.4. The molecule has 2 atom stereocenters. The Labute approximate surface area is 113 Å². The van der Waals surface area contributed by atoms with Crippen molar-refractivity contribution in [3.63, 3.8) is 0 Å². The number of hydrogen-bond donors (Lipinski definition) is 2. The van der Waals surface area contributed by atoms with E-state index in [-0.39, 0.29) is 11.9 Å². The lowest BCUT2D eigenvalue weighted by atomic mass is 9.96. The Kier molecular flexibility index (Phi) is 3.92. The Hall–Kier alpha value is -1.39. The quantitative estimate of drug-likeness (QED) is 0.868. The van der Waals surface area contributed by atoms with E-state index in [4.69, 9.17) is 0 Å². The van der Waals surface area contributed by atoms with Gasteiger partial charge >= 0.3 is 0 Å². The van der Waals surface area contributed by atoms with Crippen molar-refractivity contribution in [1.29, 1.82) is 0 Å². The first kappa shape index (κ1) is 14.0. The van der Waals surface area contributed by atoms with Crippen LogP contribution < -0.4 is 0 Å². The summed E-state index contributed by atoms with van der Waals surface area (Å²) in [5.41, 5.74) is -0.350. The summed E-state index contributed by atoms with van der Waals surface area (Å²) < 4.78 is 0. The molecule has 4 heteroatoms. The van der Waals surface area contributed by atoms with Crippen molar-refractivity contribution in [2.24, 2.45) is 0 Å². The fourth-order valence-electron chi connectivity index (χ4n) is 2.70. The topological polar surface area (TPSA) is 60.8 Å². The van der Waals surface area contributed by atoms with Gasteiger partial charge in [0.15, 0.2) is 6.10 Å². The Balaban J connectivity index is 2.15. The van der Waals surface area contributed by atoms with Gasteiger partial charge in [0.2, 0.25) is 0 Å². The zero-order chi connectivity index (χ0) is 14.0. The number of hydrogen-bond acceptors (Lipinski definition) is 3. The largest absolute Gasteiger partial charge is 0.388 e. The Morgan fingerprint density at radius 1 is 1.37 bits per heavy atom. The monoisotopic (exact) mass is 263 g/mol. The van der Waals surface area contributed by atoms with Crippen LogP contribution in [0.5, 0.6) is 0 Å². The highest BCUT2D eigenvalue weighted by Crippen LogP contribution is 2.29. The molecule has 0 unspecified atom stereocenters. The summed E-state index contributed by atoms with van der Waals surface area (Å²) in [5.74, 6) is -0.323. The lowest BCUT2D eigenvalue weighted by Crippen LogP contribution is -2.49. The maximum absolute atomic E-state index is 12.4. The number of amides is 1. The van der Waals surface area contributed by atoms with Gasteiger partial charge in [-0.2, -0.15) is 0 Å². The van der Waals surface area contributed by atoms with Crippen molar-refractivity contribution in [2.75, 3.05) is 6.54 Å². The van der Waals surface area contributed by atoms with Crippen molar-refractivity contribution in [1.82, 2.24) is 4.90 Å². The number of carbonyl (C=O) groups is 1. The smallest absolute Gasteiger partial charge is 0.256 e. The van der Waals surface area contributed by atoms with Crippen molar-refractivity contribution < 1.29 is 15.0 Å². The van der Waals surface area contributed by atoms with Gasteiger partial charge in [0.1, 0.15) is 0 Å². The van der Waals surface area contributed by atoms with Gasteiger partial charge < -0.3 is 15.1 Å². The highest BCUT2D eigenvalue weighted by atomic mass is 16.3. The first-order valence-electron chi connectivity index (χ1n) is 6.67. The third kappa shape index (κ3) is 2.96. The number of aliphatic hydroxyl groups is 2. The van der Waals surface area contributed by atoms with E-state index >= 15 is 0 Å². The highest BCUT2D eigenvalue weighted by molar-refractivity contribution is 5.82. The van der Waals surface area contributed by atoms with Gasteiger partial charge in [-0.15, -0.1) is 0 Å². The molecule has 1 aromatic rings. The van der Waals surface area contributed by atoms with Crippen LogP contribution in [0.15, 0.2) is 30.3 Å². The van der Waals surface area contributed by atoms with E-state index < -0.39 is 11.7 Å². The van der Waals surface area contributed by atoms with Crippen LogP contribution in [0.2, 0.25) is 0 Å². The normalized spacial score (nSPS) is 21.5. The molecule has 0 bridgehead atoms. The highest BCUT2D eigenvalue weighted by Gasteiger charge is 2.40. The minimum Gasteiger partial charge on any atom is -0.388 e. The third-order valence-electron chi connectivity index (χ3n) is 3.70. The number of nitrogens with zero attached hydrogens (tertiary/aromatic N) is 1. The van der Waals surface area contributed by atoms with Crippen LogP contribution in [0.4, 0.5) is 0 Å². The van der Waals surface area contributed by atoms with E-state index in [2.05, 4.69) is 0 Å². The number of likely N-dealkylation sites (tertiary alicyclic amines) is 1. The predicted molar refractivity (Wildman–Crippen MR) is 72.4 cm³/mol. The van der Waals surface area contributed by atoms with Crippen LogP contribution >= 0.6 is 0 Å². The molecule has 1 fully saturated rings. The second-order valence-corrected chi connectivity index (χ2v) is 5.66. The fourth-order valence-corrected chi connectivity index (χ4v) is 2.70. The minimum absolute atomic E-state index is 0.224. The van der Waals surface area contributed by atoms with Crippen LogP contribution in [0, 0.1) is 0 Å². The van der Waals surface area contributed by atoms with Crippen LogP contribution in [-0.2, 0) is 4.79 Å². The lowest BCUT2D eigenvalue weighted by Gasteiger charge is -2.34. The van der Waals surface area contributed by atoms with Gasteiger partial charge in [-0.1, -0.05) is 30.3 Å². The summed E-state index contributed by atoms with van der Waals surface area (Å²) in [5, 5.41) is 20.3. The molecule has 4 nitrogen and oxygen atoms in total. The number of rotatable bonds is 3. The number of benzene rings is 1. The Bertz CT molecular complexity index is 438. The molecule has 2 N–H and O–H groups in total. The van der Waals surface area contributed by atoms with E-state index in [0.717, 1.165) is 12.8 Å². The van der Waals surface area contributed by atoms with Gasteiger partial charge in [0.25, 0.3) is 5.91 Å². The third-order valence-corrected chi connectivity index (χ3v) is 3.70. The molecular weight excluding hydrogens is 242 g/mol. The number of aliphatic hydroxyl groups excluding tert-OH is 1. The van der Waals surface area contributed by atoms with E-state index in [1.807, 2.05) is 6.07 Å². The average molecular weight is 263 g/mol. The van der Waals surface area contributed by atoms with Gasteiger partial charge in [-0.25, -0.2) is 0 Å². The molecule has 1 saturated heterocycles. The molecule has 19 heavy (non-hydrogen) atoms. The second-order valence-electron chi connectivity index (χ2n) is 5.66. The summed E-state index contributed by atoms with van der Waals surface area (Å²) >= 11 is 0. The molecule has 1 aliphatic rings. The van der Waals surface area contributed by atoms with Gasteiger partial charge in [-0.05, 0) is 32.3 Å². The van der Waals surface area contributed by atoms with Gasteiger partial charge in [0.05, 0.1) is 11.6 Å². The molecule has 104 valence electrons. The van der Waals surface area contributed by atoms with Crippen molar-refractivity contribution in [3.05, 3.63) is 35.9 Å². The van der Waals surface area contributed by atoms with Crippen molar-refractivity contribution in [3.8, 4) is 0 Å². The predicted octanol–water partition coefficient (Wildman–Crippen LogP) is 1.48. The lowest BCUT2D eigenvalue weighted by molar-refractivity contribution is -0.146. The standard InChI is InChI=1S/C15H21NO3/c1-15(2,19)12-9-6-10-16(12)14(18)13(17)11-7-4-3-5-8-11/h3-5,7-8,12-13,17,19H,6,9-10H2,1-2H3/t12-,13+/m0/s1. The summed E-state index contributed by atoms with van der Waals surface area (Å²) in [4.78, 5) is 14.0. The van der Waals surface area contributed by atoms with E-state index in [1.54, 1.807) is 43.0 Å².